The Balaban J connectivity index is 1.45. The molecule has 1 amide bonds. The molecule has 134 valence electrons. The number of carbonyl (C=O) groups excluding carboxylic acids is 1. The summed E-state index contributed by atoms with van der Waals surface area (Å²) in [5.74, 6) is 0.447. The van der Waals surface area contributed by atoms with E-state index in [4.69, 9.17) is 4.42 Å². The van der Waals surface area contributed by atoms with E-state index in [1.165, 1.54) is 4.57 Å². The van der Waals surface area contributed by atoms with Gasteiger partial charge in [0.15, 0.2) is 5.58 Å². The summed E-state index contributed by atoms with van der Waals surface area (Å²) in [7, 11) is 3.39. The summed E-state index contributed by atoms with van der Waals surface area (Å²) in [6.45, 7) is 2.24. The van der Waals surface area contributed by atoms with E-state index in [0.29, 0.717) is 35.1 Å². The average molecular weight is 353 g/mol. The zero-order valence-corrected chi connectivity index (χ0v) is 14.6. The second-order valence-electron chi connectivity index (χ2n) is 6.59. The Bertz CT molecular complexity index is 1000. The molecule has 3 heterocycles. The summed E-state index contributed by atoms with van der Waals surface area (Å²) in [4.78, 5) is 36.8. The topological polar surface area (TPSA) is 84.5 Å². The van der Waals surface area contributed by atoms with Gasteiger partial charge in [-0.05, 0) is 18.2 Å². The number of hydrogen-bond donors (Lipinski definition) is 0. The summed E-state index contributed by atoms with van der Waals surface area (Å²) in [6.07, 6.45) is 3.44. The molecule has 1 fully saturated rings. The van der Waals surface area contributed by atoms with Gasteiger partial charge in [-0.3, -0.25) is 9.36 Å². The fourth-order valence-electron chi connectivity index (χ4n) is 3.30. The van der Waals surface area contributed by atoms with Crippen molar-refractivity contribution in [2.24, 2.45) is 13.0 Å². The lowest BCUT2D eigenvalue weighted by Gasteiger charge is -2.40. The number of nitrogens with zero attached hydrogens (tertiary/aromatic N) is 5. The maximum atomic E-state index is 12.8. The zero-order valence-electron chi connectivity index (χ0n) is 14.6. The van der Waals surface area contributed by atoms with Crippen molar-refractivity contribution in [1.29, 1.82) is 0 Å². The molecular weight excluding hydrogens is 334 g/mol. The van der Waals surface area contributed by atoms with E-state index in [9.17, 15) is 9.59 Å². The lowest BCUT2D eigenvalue weighted by molar-refractivity contribution is 0.0764. The van der Waals surface area contributed by atoms with Crippen molar-refractivity contribution in [1.82, 2.24) is 19.4 Å². The van der Waals surface area contributed by atoms with Crippen LogP contribution in [0.3, 0.4) is 0 Å². The molecule has 1 aliphatic rings. The van der Waals surface area contributed by atoms with E-state index in [0.717, 1.165) is 13.1 Å². The van der Waals surface area contributed by atoms with Gasteiger partial charge in [0.2, 0.25) is 5.95 Å². The lowest BCUT2D eigenvalue weighted by Crippen LogP contribution is -2.52. The van der Waals surface area contributed by atoms with Crippen molar-refractivity contribution in [3.8, 4) is 0 Å². The van der Waals surface area contributed by atoms with Crippen LogP contribution in [0.25, 0.3) is 11.1 Å². The number of aromatic nitrogens is 3. The minimum Gasteiger partial charge on any atom is -0.407 e. The Labute approximate surface area is 149 Å². The van der Waals surface area contributed by atoms with Crippen LogP contribution < -0.4 is 10.7 Å². The van der Waals surface area contributed by atoms with Gasteiger partial charge in [0, 0.05) is 52.0 Å². The molecule has 8 nitrogen and oxygen atoms in total. The molecule has 0 bridgehead atoms. The molecular formula is C18H19N5O3. The third kappa shape index (κ3) is 2.73. The van der Waals surface area contributed by atoms with E-state index in [-0.39, 0.29) is 5.91 Å². The first kappa shape index (κ1) is 16.3. The summed E-state index contributed by atoms with van der Waals surface area (Å²) >= 11 is 0. The van der Waals surface area contributed by atoms with Crippen LogP contribution in [0.1, 0.15) is 10.4 Å². The zero-order chi connectivity index (χ0) is 18.3. The van der Waals surface area contributed by atoms with E-state index in [1.807, 2.05) is 0 Å². The minimum atomic E-state index is -0.472. The molecule has 0 unspecified atom stereocenters. The second kappa shape index (κ2) is 6.29. The van der Waals surface area contributed by atoms with Gasteiger partial charge in [-0.2, -0.15) is 0 Å². The largest absolute Gasteiger partial charge is 0.419 e. The highest BCUT2D eigenvalue weighted by atomic mass is 16.4. The molecule has 8 heteroatoms. The van der Waals surface area contributed by atoms with Crippen LogP contribution in [0.2, 0.25) is 0 Å². The fraction of sp³-hybridized carbons (Fsp3) is 0.333. The summed E-state index contributed by atoms with van der Waals surface area (Å²) < 4.78 is 6.66. The highest BCUT2D eigenvalue weighted by Gasteiger charge is 2.31. The van der Waals surface area contributed by atoms with E-state index in [2.05, 4.69) is 14.9 Å². The van der Waals surface area contributed by atoms with Crippen molar-refractivity contribution in [3.63, 3.8) is 0 Å². The quantitative estimate of drug-likeness (QED) is 0.699. The van der Waals surface area contributed by atoms with Gasteiger partial charge in [-0.1, -0.05) is 6.07 Å². The van der Waals surface area contributed by atoms with Gasteiger partial charge >= 0.3 is 5.76 Å². The molecule has 0 N–H and O–H groups in total. The first-order valence-corrected chi connectivity index (χ1v) is 8.40. The summed E-state index contributed by atoms with van der Waals surface area (Å²) in [6, 6.07) is 7.00. The molecule has 0 radical (unpaired) electrons. The van der Waals surface area contributed by atoms with Crippen molar-refractivity contribution >= 4 is 23.0 Å². The first-order chi connectivity index (χ1) is 12.5. The van der Waals surface area contributed by atoms with Crippen LogP contribution in [0.4, 0.5) is 5.95 Å². The average Bonchev–Trinajstić information content (AvgIpc) is 2.92. The molecule has 0 spiro atoms. The highest BCUT2D eigenvalue weighted by Crippen LogP contribution is 2.23. The standard InChI is InChI=1S/C18H19N5O3/c1-21(9-12-10-23(11-12)17-19-7-4-8-20-17)16(24)13-5-3-6-14-15(13)26-18(25)22(14)2/h3-8,12H,9-11H2,1-2H3. The maximum Gasteiger partial charge on any atom is 0.419 e. The third-order valence-electron chi connectivity index (χ3n) is 4.72. The number of carbonyl (C=O) groups is 1. The van der Waals surface area contributed by atoms with Crippen LogP contribution in [0.5, 0.6) is 0 Å². The monoisotopic (exact) mass is 353 g/mol. The Kier molecular flexibility index (Phi) is 3.95. The molecule has 0 saturated carbocycles. The Hall–Kier alpha value is -3.16. The maximum absolute atomic E-state index is 12.8. The number of fused-ring (bicyclic) bond motifs is 1. The van der Waals surface area contributed by atoms with Crippen LogP contribution in [-0.2, 0) is 7.05 Å². The second-order valence-corrected chi connectivity index (χ2v) is 6.59. The number of hydrogen-bond acceptors (Lipinski definition) is 6. The first-order valence-electron chi connectivity index (χ1n) is 8.40. The van der Waals surface area contributed by atoms with Crippen molar-refractivity contribution in [2.75, 3.05) is 31.6 Å². The number of rotatable bonds is 4. The van der Waals surface area contributed by atoms with Crippen LogP contribution in [0, 0.1) is 5.92 Å². The van der Waals surface area contributed by atoms with Crippen molar-refractivity contribution in [2.45, 2.75) is 0 Å². The third-order valence-corrected chi connectivity index (χ3v) is 4.72. The van der Waals surface area contributed by atoms with Gasteiger partial charge in [-0.15, -0.1) is 0 Å². The Morgan fingerprint density at radius 3 is 2.73 bits per heavy atom. The molecule has 0 aliphatic carbocycles. The Morgan fingerprint density at radius 2 is 2.00 bits per heavy atom. The van der Waals surface area contributed by atoms with E-state index >= 15 is 0 Å². The minimum absolute atomic E-state index is 0.153. The van der Waals surface area contributed by atoms with Gasteiger partial charge in [0.1, 0.15) is 0 Å². The van der Waals surface area contributed by atoms with Crippen LogP contribution in [-0.4, -0.2) is 52.0 Å². The molecule has 4 rings (SSSR count). The number of para-hydroxylation sites is 1. The summed E-state index contributed by atoms with van der Waals surface area (Å²) in [5.41, 5.74) is 1.36. The predicted octanol–water partition coefficient (Wildman–Crippen LogP) is 1.13. The van der Waals surface area contributed by atoms with Gasteiger partial charge in [-0.25, -0.2) is 14.8 Å². The number of anilines is 1. The SMILES string of the molecule is CN(CC1CN(c2ncccn2)C1)C(=O)c1cccc2c1oc(=O)n2C. The van der Waals surface area contributed by atoms with Gasteiger partial charge < -0.3 is 14.2 Å². The van der Waals surface area contributed by atoms with Gasteiger partial charge in [0.25, 0.3) is 5.91 Å². The molecule has 0 atom stereocenters. The van der Waals surface area contributed by atoms with Gasteiger partial charge in [0.05, 0.1) is 11.1 Å². The molecule has 26 heavy (non-hydrogen) atoms. The number of oxazole rings is 1. The van der Waals surface area contributed by atoms with Crippen molar-refractivity contribution in [3.05, 3.63) is 52.8 Å². The normalized spacial score (nSPS) is 14.5. The van der Waals surface area contributed by atoms with Crippen LogP contribution in [0.15, 0.2) is 45.9 Å². The highest BCUT2D eigenvalue weighted by molar-refractivity contribution is 6.04. The lowest BCUT2D eigenvalue weighted by atomic mass is 10.00. The van der Waals surface area contributed by atoms with E-state index < -0.39 is 5.76 Å². The molecule has 1 aromatic carbocycles. The molecule has 1 saturated heterocycles. The van der Waals surface area contributed by atoms with E-state index in [1.54, 1.807) is 55.7 Å². The fourth-order valence-corrected chi connectivity index (χ4v) is 3.30. The Morgan fingerprint density at radius 1 is 1.27 bits per heavy atom. The van der Waals surface area contributed by atoms with Crippen molar-refractivity contribution < 1.29 is 9.21 Å². The smallest absolute Gasteiger partial charge is 0.407 e. The summed E-state index contributed by atoms with van der Waals surface area (Å²) in [5, 5.41) is 0. The number of aryl methyl sites for hydroxylation is 1. The molecule has 3 aromatic rings. The predicted molar refractivity (Wildman–Crippen MR) is 96.2 cm³/mol. The number of benzene rings is 1. The number of amides is 1. The molecule has 1 aliphatic heterocycles. The van der Waals surface area contributed by atoms with Crippen LogP contribution >= 0.6 is 0 Å². The molecule has 2 aromatic heterocycles.